The number of carbonyl (C=O) groups is 1. The van der Waals surface area contributed by atoms with Gasteiger partial charge in [0.2, 0.25) is 0 Å². The molecule has 0 amide bonds. The highest BCUT2D eigenvalue weighted by Crippen LogP contribution is 2.21. The second-order valence-electron chi connectivity index (χ2n) is 4.10. The Bertz CT molecular complexity index is 389. The van der Waals surface area contributed by atoms with Crippen molar-refractivity contribution in [1.29, 1.82) is 0 Å². The Hall–Kier alpha value is -1.16. The van der Waals surface area contributed by atoms with Gasteiger partial charge in [0.1, 0.15) is 0 Å². The number of rotatable bonds is 3. The molecule has 0 radical (unpaired) electrons. The molecule has 0 aliphatic carbocycles. The quantitative estimate of drug-likeness (QED) is 0.838. The molecule has 1 aromatic rings. The summed E-state index contributed by atoms with van der Waals surface area (Å²) in [6.07, 6.45) is 2.38. The van der Waals surface area contributed by atoms with Crippen LogP contribution < -0.4 is 5.32 Å². The number of nitrogens with one attached hydrogen (secondary N) is 1. The van der Waals surface area contributed by atoms with Crippen LogP contribution in [0.3, 0.4) is 0 Å². The highest BCUT2D eigenvalue weighted by molar-refractivity contribution is 7.99. The topological polar surface area (TPSA) is 38.3 Å². The molecule has 4 heteroatoms. The van der Waals surface area contributed by atoms with Gasteiger partial charge < -0.3 is 10.1 Å². The molecule has 1 aliphatic rings. The number of carbonyl (C=O) groups excluding carboxylic acids is 1. The smallest absolute Gasteiger partial charge is 0.337 e. The van der Waals surface area contributed by atoms with Crippen LogP contribution in [-0.2, 0) is 4.74 Å². The van der Waals surface area contributed by atoms with Crippen LogP contribution in [0.25, 0.3) is 0 Å². The summed E-state index contributed by atoms with van der Waals surface area (Å²) in [7, 11) is 1.40. The minimum atomic E-state index is -0.284. The van der Waals surface area contributed by atoms with Crippen molar-refractivity contribution in [2.45, 2.75) is 18.9 Å². The summed E-state index contributed by atoms with van der Waals surface area (Å²) in [5, 5.41) is 3.48. The zero-order chi connectivity index (χ0) is 12.1. The van der Waals surface area contributed by atoms with Crippen molar-refractivity contribution < 1.29 is 9.53 Å². The minimum Gasteiger partial charge on any atom is -0.465 e. The van der Waals surface area contributed by atoms with Gasteiger partial charge >= 0.3 is 5.97 Å². The highest BCUT2D eigenvalue weighted by atomic mass is 32.2. The molecule has 1 fully saturated rings. The van der Waals surface area contributed by atoms with Gasteiger partial charge in [-0.15, -0.1) is 0 Å². The molecule has 1 N–H and O–H groups in total. The van der Waals surface area contributed by atoms with Gasteiger partial charge in [0, 0.05) is 11.7 Å². The van der Waals surface area contributed by atoms with E-state index in [9.17, 15) is 4.79 Å². The molecule has 0 saturated carbocycles. The lowest BCUT2D eigenvalue weighted by Gasteiger charge is -2.23. The van der Waals surface area contributed by atoms with Crippen molar-refractivity contribution in [3.8, 4) is 0 Å². The van der Waals surface area contributed by atoms with Gasteiger partial charge in [-0.05, 0) is 42.5 Å². The van der Waals surface area contributed by atoms with E-state index < -0.39 is 0 Å². The molecule has 3 nitrogen and oxygen atoms in total. The fourth-order valence-electron chi connectivity index (χ4n) is 1.93. The summed E-state index contributed by atoms with van der Waals surface area (Å²) in [6, 6.07) is 8.03. The molecule has 0 atom stereocenters. The van der Waals surface area contributed by atoms with Gasteiger partial charge in [-0.1, -0.05) is 6.07 Å². The fraction of sp³-hybridized carbons (Fsp3) is 0.462. The number of anilines is 1. The van der Waals surface area contributed by atoms with Crippen LogP contribution in [0.4, 0.5) is 5.69 Å². The van der Waals surface area contributed by atoms with Crippen molar-refractivity contribution in [3.05, 3.63) is 29.8 Å². The third-order valence-corrected chi connectivity index (χ3v) is 3.92. The molecular formula is C13H17NO2S. The Balaban J connectivity index is 2.02. The number of hydrogen-bond donors (Lipinski definition) is 1. The predicted molar refractivity (Wildman–Crippen MR) is 71.8 cm³/mol. The van der Waals surface area contributed by atoms with E-state index >= 15 is 0 Å². The Labute approximate surface area is 106 Å². The lowest BCUT2D eigenvalue weighted by Crippen LogP contribution is -2.24. The molecule has 0 unspecified atom stereocenters. The first-order valence-corrected chi connectivity index (χ1v) is 6.98. The van der Waals surface area contributed by atoms with Crippen LogP contribution in [0.5, 0.6) is 0 Å². The van der Waals surface area contributed by atoms with E-state index in [1.165, 1.54) is 31.5 Å². The van der Waals surface area contributed by atoms with Crippen molar-refractivity contribution in [1.82, 2.24) is 0 Å². The maximum Gasteiger partial charge on any atom is 0.337 e. The number of thioether (sulfide) groups is 1. The van der Waals surface area contributed by atoms with E-state index in [2.05, 4.69) is 5.32 Å². The van der Waals surface area contributed by atoms with Gasteiger partial charge in [-0.2, -0.15) is 11.8 Å². The first kappa shape index (κ1) is 12.3. The van der Waals surface area contributed by atoms with Crippen molar-refractivity contribution in [2.75, 3.05) is 23.9 Å². The van der Waals surface area contributed by atoms with Gasteiger partial charge in [0.15, 0.2) is 0 Å². The number of benzene rings is 1. The van der Waals surface area contributed by atoms with Gasteiger partial charge in [-0.25, -0.2) is 4.79 Å². The second kappa shape index (κ2) is 5.96. The molecule has 1 saturated heterocycles. The zero-order valence-electron chi connectivity index (χ0n) is 9.94. The van der Waals surface area contributed by atoms with E-state index in [0.29, 0.717) is 11.6 Å². The Morgan fingerprint density at radius 1 is 1.41 bits per heavy atom. The molecule has 2 rings (SSSR count). The van der Waals surface area contributed by atoms with Gasteiger partial charge in [-0.3, -0.25) is 0 Å². The summed E-state index contributed by atoms with van der Waals surface area (Å²) in [6.45, 7) is 0. The van der Waals surface area contributed by atoms with E-state index in [-0.39, 0.29) is 5.97 Å². The highest BCUT2D eigenvalue weighted by Gasteiger charge is 2.14. The summed E-state index contributed by atoms with van der Waals surface area (Å²) in [5.41, 5.74) is 1.60. The van der Waals surface area contributed by atoms with Gasteiger partial charge in [0.25, 0.3) is 0 Å². The molecule has 1 aliphatic heterocycles. The standard InChI is InChI=1S/C13H17NO2S/c1-16-13(15)10-3-2-4-12(9-10)14-11-5-7-17-8-6-11/h2-4,9,11,14H,5-8H2,1H3. The molecular weight excluding hydrogens is 234 g/mol. The Morgan fingerprint density at radius 3 is 2.88 bits per heavy atom. The second-order valence-corrected chi connectivity index (χ2v) is 5.33. The maximum atomic E-state index is 11.4. The predicted octanol–water partition coefficient (Wildman–Crippen LogP) is 2.78. The van der Waals surface area contributed by atoms with Crippen LogP contribution in [0.15, 0.2) is 24.3 Å². The first-order chi connectivity index (χ1) is 8.29. The fourth-order valence-corrected chi connectivity index (χ4v) is 3.04. The van der Waals surface area contributed by atoms with E-state index in [1.54, 1.807) is 6.07 Å². The van der Waals surface area contributed by atoms with E-state index in [4.69, 9.17) is 4.74 Å². The van der Waals surface area contributed by atoms with Crippen LogP contribution in [0.2, 0.25) is 0 Å². The largest absolute Gasteiger partial charge is 0.465 e. The van der Waals surface area contributed by atoms with E-state index in [0.717, 1.165) is 5.69 Å². The maximum absolute atomic E-state index is 11.4. The van der Waals surface area contributed by atoms with Crippen molar-refractivity contribution in [2.24, 2.45) is 0 Å². The molecule has 92 valence electrons. The van der Waals surface area contributed by atoms with E-state index in [1.807, 2.05) is 30.0 Å². The molecule has 17 heavy (non-hydrogen) atoms. The molecule has 0 bridgehead atoms. The summed E-state index contributed by atoms with van der Waals surface area (Å²) in [5.74, 6) is 2.15. The first-order valence-electron chi connectivity index (χ1n) is 5.82. The average Bonchev–Trinajstić information content (AvgIpc) is 2.39. The van der Waals surface area contributed by atoms with Crippen LogP contribution >= 0.6 is 11.8 Å². The summed E-state index contributed by atoms with van der Waals surface area (Å²) in [4.78, 5) is 11.4. The normalized spacial score (nSPS) is 16.5. The van der Waals surface area contributed by atoms with Crippen molar-refractivity contribution >= 4 is 23.4 Å². The van der Waals surface area contributed by atoms with Gasteiger partial charge in [0.05, 0.1) is 12.7 Å². The third-order valence-electron chi connectivity index (χ3n) is 2.88. The number of methoxy groups -OCH3 is 1. The number of ether oxygens (including phenoxy) is 1. The monoisotopic (exact) mass is 251 g/mol. The number of esters is 1. The van der Waals surface area contributed by atoms with Crippen molar-refractivity contribution in [3.63, 3.8) is 0 Å². The van der Waals surface area contributed by atoms with Crippen LogP contribution in [0.1, 0.15) is 23.2 Å². The molecule has 0 spiro atoms. The van der Waals surface area contributed by atoms with Crippen LogP contribution in [-0.4, -0.2) is 30.6 Å². The third kappa shape index (κ3) is 3.40. The lowest BCUT2D eigenvalue weighted by atomic mass is 10.1. The summed E-state index contributed by atoms with van der Waals surface area (Å²) >= 11 is 2.01. The van der Waals surface area contributed by atoms with Crippen LogP contribution in [0, 0.1) is 0 Å². The SMILES string of the molecule is COC(=O)c1cccc(NC2CCSCC2)c1. The average molecular weight is 251 g/mol. The Morgan fingerprint density at radius 2 is 2.18 bits per heavy atom. The number of hydrogen-bond acceptors (Lipinski definition) is 4. The molecule has 1 aromatic carbocycles. The zero-order valence-corrected chi connectivity index (χ0v) is 10.8. The Kier molecular flexibility index (Phi) is 4.31. The lowest BCUT2D eigenvalue weighted by molar-refractivity contribution is 0.0601. The minimum absolute atomic E-state index is 0.284. The summed E-state index contributed by atoms with van der Waals surface area (Å²) < 4.78 is 4.71. The molecule has 1 heterocycles. The molecule has 0 aromatic heterocycles.